The van der Waals surface area contributed by atoms with Crippen molar-refractivity contribution in [1.29, 1.82) is 0 Å². The van der Waals surface area contributed by atoms with Crippen molar-refractivity contribution >= 4 is 23.4 Å². The molecule has 0 N–H and O–H groups in total. The van der Waals surface area contributed by atoms with Crippen LogP contribution in [-0.4, -0.2) is 90.1 Å². The third-order valence-electron chi connectivity index (χ3n) is 7.74. The van der Waals surface area contributed by atoms with E-state index in [9.17, 15) is 24.1 Å². The van der Waals surface area contributed by atoms with Gasteiger partial charge in [-0.1, -0.05) is 12.1 Å². The highest BCUT2D eigenvalue weighted by Gasteiger charge is 2.43. The molecule has 2 aromatic carbocycles. The molecule has 3 aliphatic rings. The highest BCUT2D eigenvalue weighted by atomic mass is 19.1. The van der Waals surface area contributed by atoms with Crippen LogP contribution in [-0.2, 0) is 22.5 Å². The average molecular weight is 526 g/mol. The van der Waals surface area contributed by atoms with Gasteiger partial charge in [0.25, 0.3) is 5.69 Å². The second-order valence-corrected chi connectivity index (χ2v) is 10.0. The lowest BCUT2D eigenvalue weighted by molar-refractivity contribution is -0.384. The average Bonchev–Trinajstić information content (AvgIpc) is 2.93. The molecule has 3 heterocycles. The number of nitro benzene ring substituents is 1. The van der Waals surface area contributed by atoms with Crippen molar-refractivity contribution in [3.63, 3.8) is 0 Å². The maximum Gasteiger partial charge on any atom is 0.409 e. The summed E-state index contributed by atoms with van der Waals surface area (Å²) in [5.41, 5.74) is 2.78. The molecule has 2 amide bonds. The summed E-state index contributed by atoms with van der Waals surface area (Å²) in [7, 11) is 0. The van der Waals surface area contributed by atoms with Crippen molar-refractivity contribution in [2.24, 2.45) is 5.92 Å². The number of benzene rings is 2. The Morgan fingerprint density at radius 1 is 1.03 bits per heavy atom. The number of hydrogen-bond donors (Lipinski definition) is 0. The number of amides is 2. The van der Waals surface area contributed by atoms with E-state index in [0.29, 0.717) is 58.8 Å². The summed E-state index contributed by atoms with van der Waals surface area (Å²) < 4.78 is 18.5. The number of ether oxygens (including phenoxy) is 1. The molecule has 2 atom stereocenters. The van der Waals surface area contributed by atoms with Gasteiger partial charge in [-0.2, -0.15) is 0 Å². The van der Waals surface area contributed by atoms with Gasteiger partial charge in [-0.15, -0.1) is 0 Å². The first-order valence-electron chi connectivity index (χ1n) is 13.0. The van der Waals surface area contributed by atoms with Gasteiger partial charge >= 0.3 is 6.09 Å². The minimum atomic E-state index is -0.404. The van der Waals surface area contributed by atoms with Crippen LogP contribution in [0.3, 0.4) is 0 Å². The predicted octanol–water partition coefficient (Wildman–Crippen LogP) is 2.90. The zero-order valence-corrected chi connectivity index (χ0v) is 21.4. The minimum absolute atomic E-state index is 0.00398. The van der Waals surface area contributed by atoms with Gasteiger partial charge < -0.3 is 19.4 Å². The molecular formula is C27H32FN5O5. The number of non-ortho nitro benzene ring substituents is 1. The molecule has 0 aliphatic carbocycles. The van der Waals surface area contributed by atoms with E-state index in [1.807, 2.05) is 0 Å². The summed E-state index contributed by atoms with van der Waals surface area (Å²) in [5.74, 6) is -0.649. The minimum Gasteiger partial charge on any atom is -0.450 e. The third-order valence-corrected chi connectivity index (χ3v) is 7.74. The van der Waals surface area contributed by atoms with E-state index in [1.165, 1.54) is 18.2 Å². The molecule has 0 spiro atoms. The van der Waals surface area contributed by atoms with E-state index in [-0.39, 0.29) is 35.5 Å². The Hall–Kier alpha value is -3.73. The highest BCUT2D eigenvalue weighted by molar-refractivity contribution is 5.83. The fraction of sp³-hybridized carbons (Fsp3) is 0.481. The number of anilines is 1. The summed E-state index contributed by atoms with van der Waals surface area (Å²) in [4.78, 5) is 45.0. The van der Waals surface area contributed by atoms with Crippen molar-refractivity contribution in [3.05, 3.63) is 69.5 Å². The molecule has 3 aliphatic heterocycles. The van der Waals surface area contributed by atoms with Crippen LogP contribution in [0.1, 0.15) is 18.1 Å². The Bertz CT molecular complexity index is 1200. The van der Waals surface area contributed by atoms with E-state index < -0.39 is 4.92 Å². The van der Waals surface area contributed by atoms with Gasteiger partial charge in [0.2, 0.25) is 5.91 Å². The summed E-state index contributed by atoms with van der Waals surface area (Å²) in [5, 5.41) is 11.4. The molecule has 2 saturated heterocycles. The van der Waals surface area contributed by atoms with Crippen molar-refractivity contribution in [3.8, 4) is 0 Å². The highest BCUT2D eigenvalue weighted by Crippen LogP contribution is 2.38. The molecule has 0 aromatic heterocycles. The maximum atomic E-state index is 13.9. The van der Waals surface area contributed by atoms with Gasteiger partial charge in [-0.05, 0) is 42.7 Å². The Morgan fingerprint density at radius 2 is 1.74 bits per heavy atom. The molecule has 2 fully saturated rings. The molecule has 202 valence electrons. The number of carbonyl (C=O) groups excluding carboxylic acids is 2. The SMILES string of the molecule is CCOC(=O)N1CCN(C(=O)[C@H]2Cc3cc([N+](=O)[O-])ccc3N3CCN(Cc4ccc(F)cc4)C[C@H]23)CC1. The Kier molecular flexibility index (Phi) is 7.46. The van der Waals surface area contributed by atoms with Crippen LogP contribution in [0.15, 0.2) is 42.5 Å². The molecule has 11 heteroatoms. The summed E-state index contributed by atoms with van der Waals surface area (Å²) in [6.07, 6.45) is 0.0489. The van der Waals surface area contributed by atoms with Crippen molar-refractivity contribution in [2.45, 2.75) is 25.9 Å². The molecule has 0 radical (unpaired) electrons. The topological polar surface area (TPSA) is 99.5 Å². The Labute approximate surface area is 220 Å². The third kappa shape index (κ3) is 5.28. The zero-order chi connectivity index (χ0) is 26.8. The molecule has 5 rings (SSSR count). The quantitative estimate of drug-likeness (QED) is 0.437. The number of nitrogens with zero attached hydrogens (tertiary/aromatic N) is 5. The largest absolute Gasteiger partial charge is 0.450 e. The van der Waals surface area contributed by atoms with Gasteiger partial charge in [0, 0.05) is 70.2 Å². The number of nitro groups is 1. The molecule has 2 aromatic rings. The lowest BCUT2D eigenvalue weighted by Gasteiger charge is -2.50. The van der Waals surface area contributed by atoms with Crippen LogP contribution in [0.2, 0.25) is 0 Å². The van der Waals surface area contributed by atoms with E-state index in [4.69, 9.17) is 4.74 Å². The second-order valence-electron chi connectivity index (χ2n) is 10.0. The van der Waals surface area contributed by atoms with Crippen molar-refractivity contribution < 1.29 is 23.6 Å². The predicted molar refractivity (Wildman–Crippen MR) is 138 cm³/mol. The lowest BCUT2D eigenvalue weighted by Crippen LogP contribution is -2.62. The number of carbonyl (C=O) groups is 2. The van der Waals surface area contributed by atoms with Crippen molar-refractivity contribution in [2.75, 3.05) is 57.3 Å². The summed E-state index contributed by atoms with van der Waals surface area (Å²) in [6.45, 7) is 6.44. The van der Waals surface area contributed by atoms with E-state index in [1.54, 1.807) is 41.0 Å². The summed E-state index contributed by atoms with van der Waals surface area (Å²) in [6, 6.07) is 11.3. The Morgan fingerprint density at radius 3 is 2.42 bits per heavy atom. The van der Waals surface area contributed by atoms with E-state index in [0.717, 1.165) is 23.4 Å². The molecule has 0 bridgehead atoms. The maximum absolute atomic E-state index is 13.9. The van der Waals surface area contributed by atoms with E-state index in [2.05, 4.69) is 9.80 Å². The van der Waals surface area contributed by atoms with Gasteiger partial charge in [-0.25, -0.2) is 9.18 Å². The second kappa shape index (κ2) is 10.9. The van der Waals surface area contributed by atoms with Gasteiger partial charge in [0.1, 0.15) is 5.82 Å². The van der Waals surface area contributed by atoms with Crippen molar-refractivity contribution in [1.82, 2.24) is 14.7 Å². The van der Waals surface area contributed by atoms with Gasteiger partial charge in [0.15, 0.2) is 0 Å². The van der Waals surface area contributed by atoms with Crippen LogP contribution in [0.5, 0.6) is 0 Å². The van der Waals surface area contributed by atoms with Crippen LogP contribution >= 0.6 is 0 Å². The number of rotatable bonds is 5. The van der Waals surface area contributed by atoms with Gasteiger partial charge in [-0.3, -0.25) is 19.8 Å². The summed E-state index contributed by atoms with van der Waals surface area (Å²) >= 11 is 0. The standard InChI is InChI=1S/C27H32FN5O5/c1-2-38-27(35)31-12-10-30(11-13-31)26(34)23-16-20-15-22(33(36)37)7-8-24(20)32-14-9-29(18-25(23)32)17-19-3-5-21(28)6-4-19/h3-8,15,23,25H,2,9-14,16-18H2,1H3/t23-,25+/m0/s1. The van der Waals surface area contributed by atoms with Gasteiger partial charge in [0.05, 0.1) is 23.5 Å². The number of piperazine rings is 2. The first kappa shape index (κ1) is 25.9. The number of halogens is 1. The molecule has 10 nitrogen and oxygen atoms in total. The molecule has 0 saturated carbocycles. The first-order valence-corrected chi connectivity index (χ1v) is 13.0. The first-order chi connectivity index (χ1) is 18.3. The van der Waals surface area contributed by atoms with E-state index >= 15 is 0 Å². The number of hydrogen-bond acceptors (Lipinski definition) is 7. The lowest BCUT2D eigenvalue weighted by atomic mass is 9.82. The Balaban J connectivity index is 1.37. The molecular weight excluding hydrogens is 493 g/mol. The van der Waals surface area contributed by atoms with Crippen LogP contribution in [0.25, 0.3) is 0 Å². The fourth-order valence-electron chi connectivity index (χ4n) is 5.82. The van der Waals surface area contributed by atoms with Crippen LogP contribution < -0.4 is 4.90 Å². The smallest absolute Gasteiger partial charge is 0.409 e. The monoisotopic (exact) mass is 525 g/mol. The van der Waals surface area contributed by atoms with Crippen LogP contribution in [0, 0.1) is 21.8 Å². The number of fused-ring (bicyclic) bond motifs is 3. The fourth-order valence-corrected chi connectivity index (χ4v) is 5.82. The normalized spacial score (nSPS) is 21.5. The molecule has 0 unspecified atom stereocenters. The zero-order valence-electron chi connectivity index (χ0n) is 21.4. The van der Waals surface area contributed by atoms with Crippen LogP contribution in [0.4, 0.5) is 20.6 Å². The molecule has 38 heavy (non-hydrogen) atoms.